The zero-order valence-electron chi connectivity index (χ0n) is 12.5. The third kappa shape index (κ3) is 5.41. The fourth-order valence-electron chi connectivity index (χ4n) is 1.67. The number of benzene rings is 1. The average Bonchev–Trinajstić information content (AvgIpc) is 2.45. The van der Waals surface area contributed by atoms with Gasteiger partial charge in [0.25, 0.3) is 0 Å². The largest absolute Gasteiger partial charge is 0.492 e. The first kappa shape index (κ1) is 16.8. The Morgan fingerprint density at radius 3 is 2.50 bits per heavy atom. The van der Waals surface area contributed by atoms with Gasteiger partial charge in [0.1, 0.15) is 12.4 Å². The number of amides is 1. The molecule has 1 aromatic rings. The van der Waals surface area contributed by atoms with Gasteiger partial charge in [-0.3, -0.25) is 4.79 Å². The summed E-state index contributed by atoms with van der Waals surface area (Å²) < 4.78 is 5.59. The van der Waals surface area contributed by atoms with Crippen molar-refractivity contribution < 1.29 is 9.53 Å². The first-order valence-electron chi connectivity index (χ1n) is 7.05. The van der Waals surface area contributed by atoms with Crippen LogP contribution in [-0.2, 0) is 11.2 Å². The van der Waals surface area contributed by atoms with E-state index in [1.165, 1.54) is 5.56 Å². The van der Waals surface area contributed by atoms with Crippen LogP contribution in [0.25, 0.3) is 0 Å². The Hall–Kier alpha value is -1.22. The highest BCUT2D eigenvalue weighted by molar-refractivity contribution is 6.19. The van der Waals surface area contributed by atoms with Gasteiger partial charge in [0.2, 0.25) is 5.91 Å². The first-order valence-corrected chi connectivity index (χ1v) is 7.59. The molecule has 0 radical (unpaired) electrons. The van der Waals surface area contributed by atoms with Crippen molar-refractivity contribution in [1.82, 2.24) is 5.32 Å². The SMILES string of the molecule is CCCc1ccc(OCCNC(=O)C(C)(C)CCl)cc1. The predicted molar refractivity (Wildman–Crippen MR) is 83.4 cm³/mol. The van der Waals surface area contributed by atoms with Crippen molar-refractivity contribution in [2.75, 3.05) is 19.0 Å². The Labute approximate surface area is 126 Å². The minimum absolute atomic E-state index is 0.0469. The number of hydrogen-bond acceptors (Lipinski definition) is 2. The lowest BCUT2D eigenvalue weighted by molar-refractivity contribution is -0.128. The highest BCUT2D eigenvalue weighted by atomic mass is 35.5. The minimum Gasteiger partial charge on any atom is -0.492 e. The lowest BCUT2D eigenvalue weighted by atomic mass is 9.95. The Bertz CT molecular complexity index is 415. The highest BCUT2D eigenvalue weighted by Gasteiger charge is 2.25. The highest BCUT2D eigenvalue weighted by Crippen LogP contribution is 2.16. The van der Waals surface area contributed by atoms with Gasteiger partial charge in [-0.25, -0.2) is 0 Å². The fourth-order valence-corrected chi connectivity index (χ4v) is 1.80. The molecule has 0 bridgehead atoms. The van der Waals surface area contributed by atoms with E-state index in [1.54, 1.807) is 0 Å². The summed E-state index contributed by atoms with van der Waals surface area (Å²) in [5.74, 6) is 1.09. The van der Waals surface area contributed by atoms with Gasteiger partial charge in [0.15, 0.2) is 0 Å². The number of aryl methyl sites for hydroxylation is 1. The standard InChI is InChI=1S/C16H24ClNO2/c1-4-5-13-6-8-14(9-7-13)20-11-10-18-15(19)16(2,3)12-17/h6-9H,4-5,10-12H2,1-3H3,(H,18,19). The Morgan fingerprint density at radius 2 is 1.95 bits per heavy atom. The molecule has 1 rings (SSSR count). The molecule has 0 unspecified atom stereocenters. The molecule has 0 saturated carbocycles. The zero-order chi connectivity index (χ0) is 15.0. The Morgan fingerprint density at radius 1 is 1.30 bits per heavy atom. The van der Waals surface area contributed by atoms with Crippen molar-refractivity contribution >= 4 is 17.5 Å². The summed E-state index contributed by atoms with van der Waals surface area (Å²) in [5, 5.41) is 2.83. The molecule has 0 atom stereocenters. The number of halogens is 1. The average molecular weight is 298 g/mol. The van der Waals surface area contributed by atoms with E-state index in [4.69, 9.17) is 16.3 Å². The summed E-state index contributed by atoms with van der Waals surface area (Å²) in [5.41, 5.74) is 0.778. The number of nitrogens with one attached hydrogen (secondary N) is 1. The number of rotatable bonds is 8. The number of ether oxygens (including phenoxy) is 1. The maximum Gasteiger partial charge on any atom is 0.226 e. The molecule has 0 spiro atoms. The van der Waals surface area contributed by atoms with Crippen molar-refractivity contribution in [1.29, 1.82) is 0 Å². The van der Waals surface area contributed by atoms with E-state index in [0.29, 0.717) is 19.0 Å². The van der Waals surface area contributed by atoms with E-state index in [2.05, 4.69) is 24.4 Å². The maximum absolute atomic E-state index is 11.8. The molecule has 112 valence electrons. The van der Waals surface area contributed by atoms with Gasteiger partial charge in [0, 0.05) is 5.88 Å². The van der Waals surface area contributed by atoms with E-state index in [1.807, 2.05) is 26.0 Å². The molecule has 0 aromatic heterocycles. The number of carbonyl (C=O) groups is 1. The van der Waals surface area contributed by atoms with Gasteiger partial charge in [-0.1, -0.05) is 25.5 Å². The van der Waals surface area contributed by atoms with Crippen LogP contribution in [0.4, 0.5) is 0 Å². The van der Waals surface area contributed by atoms with Crippen molar-refractivity contribution in [2.45, 2.75) is 33.6 Å². The molecule has 1 aromatic carbocycles. The summed E-state index contributed by atoms with van der Waals surface area (Å²) in [6.07, 6.45) is 2.23. The molecule has 0 fully saturated rings. The lowest BCUT2D eigenvalue weighted by Gasteiger charge is -2.20. The zero-order valence-corrected chi connectivity index (χ0v) is 13.3. The molecule has 0 aliphatic rings. The molecule has 0 heterocycles. The van der Waals surface area contributed by atoms with Crippen LogP contribution < -0.4 is 10.1 Å². The Balaban J connectivity index is 2.29. The molecule has 0 saturated heterocycles. The number of alkyl halides is 1. The van der Waals surface area contributed by atoms with Gasteiger partial charge in [-0.2, -0.15) is 0 Å². The second kappa shape index (κ2) is 8.15. The summed E-state index contributed by atoms with van der Waals surface area (Å²) in [4.78, 5) is 11.8. The summed E-state index contributed by atoms with van der Waals surface area (Å²) in [6, 6.07) is 8.09. The Kier molecular flexibility index (Phi) is 6.86. The quantitative estimate of drug-likeness (QED) is 0.590. The van der Waals surface area contributed by atoms with E-state index in [9.17, 15) is 4.79 Å². The molecule has 1 amide bonds. The maximum atomic E-state index is 11.8. The molecule has 0 aliphatic heterocycles. The van der Waals surface area contributed by atoms with Crippen molar-refractivity contribution in [2.24, 2.45) is 5.41 Å². The van der Waals surface area contributed by atoms with Gasteiger partial charge < -0.3 is 10.1 Å². The second-order valence-corrected chi connectivity index (χ2v) is 5.78. The minimum atomic E-state index is -0.538. The molecule has 20 heavy (non-hydrogen) atoms. The molecule has 4 heteroatoms. The predicted octanol–water partition coefficient (Wildman–Crippen LogP) is 3.40. The van der Waals surface area contributed by atoms with Gasteiger partial charge in [0.05, 0.1) is 12.0 Å². The van der Waals surface area contributed by atoms with Crippen LogP contribution in [0, 0.1) is 5.41 Å². The van der Waals surface area contributed by atoms with E-state index in [0.717, 1.165) is 18.6 Å². The third-order valence-electron chi connectivity index (χ3n) is 3.07. The molecule has 0 aliphatic carbocycles. The number of hydrogen-bond donors (Lipinski definition) is 1. The fraction of sp³-hybridized carbons (Fsp3) is 0.562. The van der Waals surface area contributed by atoms with Gasteiger partial charge in [-0.05, 0) is 38.0 Å². The third-order valence-corrected chi connectivity index (χ3v) is 3.74. The van der Waals surface area contributed by atoms with E-state index >= 15 is 0 Å². The van der Waals surface area contributed by atoms with Gasteiger partial charge >= 0.3 is 0 Å². The summed E-state index contributed by atoms with van der Waals surface area (Å²) in [6.45, 7) is 6.74. The van der Waals surface area contributed by atoms with Crippen molar-refractivity contribution in [3.63, 3.8) is 0 Å². The lowest BCUT2D eigenvalue weighted by Crippen LogP contribution is -2.39. The first-order chi connectivity index (χ1) is 9.49. The van der Waals surface area contributed by atoms with Crippen molar-refractivity contribution in [3.05, 3.63) is 29.8 Å². The van der Waals surface area contributed by atoms with Crippen LogP contribution in [0.2, 0.25) is 0 Å². The van der Waals surface area contributed by atoms with E-state index < -0.39 is 5.41 Å². The molecular formula is C16H24ClNO2. The number of carbonyl (C=O) groups excluding carboxylic acids is 1. The van der Waals surface area contributed by atoms with Crippen LogP contribution in [-0.4, -0.2) is 24.9 Å². The monoisotopic (exact) mass is 297 g/mol. The van der Waals surface area contributed by atoms with Crippen LogP contribution >= 0.6 is 11.6 Å². The summed E-state index contributed by atoms with van der Waals surface area (Å²) in [7, 11) is 0. The van der Waals surface area contributed by atoms with Crippen LogP contribution in [0.5, 0.6) is 5.75 Å². The van der Waals surface area contributed by atoms with Crippen LogP contribution in [0.3, 0.4) is 0 Å². The smallest absolute Gasteiger partial charge is 0.226 e. The van der Waals surface area contributed by atoms with E-state index in [-0.39, 0.29) is 5.91 Å². The van der Waals surface area contributed by atoms with Crippen LogP contribution in [0.15, 0.2) is 24.3 Å². The summed E-state index contributed by atoms with van der Waals surface area (Å²) >= 11 is 5.75. The second-order valence-electron chi connectivity index (χ2n) is 5.52. The normalized spacial score (nSPS) is 11.2. The topological polar surface area (TPSA) is 38.3 Å². The molecule has 3 nitrogen and oxygen atoms in total. The van der Waals surface area contributed by atoms with Crippen molar-refractivity contribution in [3.8, 4) is 5.75 Å². The molecule has 1 N–H and O–H groups in total. The van der Waals surface area contributed by atoms with Gasteiger partial charge in [-0.15, -0.1) is 11.6 Å². The molecular weight excluding hydrogens is 274 g/mol. The van der Waals surface area contributed by atoms with Crippen LogP contribution in [0.1, 0.15) is 32.8 Å².